The van der Waals surface area contributed by atoms with Crippen molar-refractivity contribution in [2.24, 2.45) is 0 Å². The zero-order chi connectivity index (χ0) is 18.8. The van der Waals surface area contributed by atoms with Gasteiger partial charge in [0.15, 0.2) is 17.8 Å². The molecule has 2 fully saturated rings. The van der Waals surface area contributed by atoms with Crippen LogP contribution in [0.3, 0.4) is 0 Å². The van der Waals surface area contributed by atoms with Gasteiger partial charge in [-0.1, -0.05) is 0 Å². The standard InChI is InChI=1S/C16H12F3N5O3/c17-16(18,19)8-1-11(12-3-20-7-27-12)13-21-22-14(24(13)4-8)15(25)23-5-10-2-9(23)6-26-10/h1,3-4,7,9-10H,2,5-6H2. The maximum Gasteiger partial charge on any atom is 0.417 e. The van der Waals surface area contributed by atoms with Crippen molar-refractivity contribution in [2.45, 2.75) is 24.7 Å². The predicted octanol–water partition coefficient (Wildman–Crippen LogP) is 2.02. The summed E-state index contributed by atoms with van der Waals surface area (Å²) < 4.78 is 51.8. The molecular formula is C16H12F3N5O3. The van der Waals surface area contributed by atoms with Crippen molar-refractivity contribution in [3.05, 3.63) is 36.2 Å². The molecule has 140 valence electrons. The molecule has 5 rings (SSSR count). The van der Waals surface area contributed by atoms with E-state index in [4.69, 9.17) is 9.15 Å². The first-order valence-corrected chi connectivity index (χ1v) is 8.19. The van der Waals surface area contributed by atoms with Gasteiger partial charge in [-0.05, 0) is 12.5 Å². The topological polar surface area (TPSA) is 85.8 Å². The Hall–Kier alpha value is -2.95. The van der Waals surface area contributed by atoms with Crippen molar-refractivity contribution in [3.63, 3.8) is 0 Å². The van der Waals surface area contributed by atoms with Gasteiger partial charge in [-0.3, -0.25) is 9.20 Å². The summed E-state index contributed by atoms with van der Waals surface area (Å²) in [5.74, 6) is -0.545. The number of pyridine rings is 1. The number of likely N-dealkylation sites (tertiary alicyclic amines) is 1. The van der Waals surface area contributed by atoms with Crippen LogP contribution >= 0.6 is 0 Å². The van der Waals surface area contributed by atoms with Crippen LogP contribution in [0.15, 0.2) is 29.3 Å². The van der Waals surface area contributed by atoms with Crippen LogP contribution in [0, 0.1) is 0 Å². The average molecular weight is 379 g/mol. The zero-order valence-corrected chi connectivity index (χ0v) is 13.7. The SMILES string of the molecule is O=C(c1nnc2c(-c3cnco3)cc(C(F)(F)F)cn12)N1CC2CC1CO2. The van der Waals surface area contributed by atoms with E-state index in [1.807, 2.05) is 0 Å². The summed E-state index contributed by atoms with van der Waals surface area (Å²) in [7, 11) is 0. The minimum atomic E-state index is -4.62. The van der Waals surface area contributed by atoms with Crippen molar-refractivity contribution in [1.29, 1.82) is 0 Å². The molecule has 3 aromatic rings. The molecule has 11 heteroatoms. The van der Waals surface area contributed by atoms with Crippen LogP contribution < -0.4 is 0 Å². The Bertz CT molecular complexity index is 1030. The minimum absolute atomic E-state index is 0.0337. The summed E-state index contributed by atoms with van der Waals surface area (Å²) in [5.41, 5.74) is -0.801. The first-order chi connectivity index (χ1) is 12.9. The van der Waals surface area contributed by atoms with E-state index in [0.29, 0.717) is 13.2 Å². The van der Waals surface area contributed by atoms with Crippen molar-refractivity contribution < 1.29 is 27.1 Å². The lowest BCUT2D eigenvalue weighted by Crippen LogP contribution is -2.42. The number of alkyl halides is 3. The summed E-state index contributed by atoms with van der Waals surface area (Å²) in [6.45, 7) is 0.816. The quantitative estimate of drug-likeness (QED) is 0.677. The Morgan fingerprint density at radius 3 is 2.78 bits per heavy atom. The Balaban J connectivity index is 1.66. The highest BCUT2D eigenvalue weighted by Gasteiger charge is 2.43. The van der Waals surface area contributed by atoms with E-state index >= 15 is 0 Å². The van der Waals surface area contributed by atoms with Crippen LogP contribution in [0.4, 0.5) is 13.2 Å². The second-order valence-corrected chi connectivity index (χ2v) is 6.53. The van der Waals surface area contributed by atoms with Crippen LogP contribution in [0.1, 0.15) is 22.6 Å². The first-order valence-electron chi connectivity index (χ1n) is 8.19. The van der Waals surface area contributed by atoms with E-state index in [0.717, 1.165) is 29.5 Å². The van der Waals surface area contributed by atoms with Gasteiger partial charge < -0.3 is 14.1 Å². The fourth-order valence-electron chi connectivity index (χ4n) is 3.60. The van der Waals surface area contributed by atoms with Crippen molar-refractivity contribution in [2.75, 3.05) is 13.2 Å². The Morgan fingerprint density at radius 2 is 2.15 bits per heavy atom. The molecule has 1 amide bonds. The van der Waals surface area contributed by atoms with E-state index in [2.05, 4.69) is 15.2 Å². The van der Waals surface area contributed by atoms with E-state index in [1.165, 1.54) is 6.20 Å². The lowest BCUT2D eigenvalue weighted by atomic mass is 10.1. The second kappa shape index (κ2) is 5.52. The Morgan fingerprint density at radius 1 is 1.30 bits per heavy atom. The van der Waals surface area contributed by atoms with E-state index in [-0.39, 0.29) is 34.9 Å². The highest BCUT2D eigenvalue weighted by molar-refractivity contribution is 5.93. The molecule has 0 saturated carbocycles. The third kappa shape index (κ3) is 2.49. The average Bonchev–Trinajstić information content (AvgIpc) is 3.43. The number of carbonyl (C=O) groups is 1. The van der Waals surface area contributed by atoms with E-state index in [1.54, 1.807) is 4.90 Å². The fourth-order valence-corrected chi connectivity index (χ4v) is 3.60. The summed E-state index contributed by atoms with van der Waals surface area (Å²) >= 11 is 0. The maximum absolute atomic E-state index is 13.4. The lowest BCUT2D eigenvalue weighted by Gasteiger charge is -2.26. The molecule has 2 aliphatic heterocycles. The van der Waals surface area contributed by atoms with Gasteiger partial charge in [-0.25, -0.2) is 4.98 Å². The Kier molecular flexibility index (Phi) is 3.32. The number of aromatic nitrogens is 4. The molecule has 0 aliphatic carbocycles. The molecule has 2 bridgehead atoms. The largest absolute Gasteiger partial charge is 0.443 e. The van der Waals surface area contributed by atoms with E-state index < -0.39 is 17.6 Å². The number of nitrogens with zero attached hydrogens (tertiary/aromatic N) is 5. The molecule has 8 nitrogen and oxygen atoms in total. The van der Waals surface area contributed by atoms with Crippen LogP contribution in [-0.4, -0.2) is 55.7 Å². The second-order valence-electron chi connectivity index (χ2n) is 6.53. The first kappa shape index (κ1) is 16.2. The summed E-state index contributed by atoms with van der Waals surface area (Å²) in [4.78, 5) is 18.2. The van der Waals surface area contributed by atoms with Gasteiger partial charge in [0, 0.05) is 12.7 Å². The number of oxazole rings is 1. The molecule has 2 saturated heterocycles. The minimum Gasteiger partial charge on any atom is -0.443 e. The lowest BCUT2D eigenvalue weighted by molar-refractivity contribution is -0.137. The third-order valence-corrected chi connectivity index (χ3v) is 4.88. The number of ether oxygens (including phenoxy) is 1. The van der Waals surface area contributed by atoms with Gasteiger partial charge in [0.1, 0.15) is 0 Å². The van der Waals surface area contributed by atoms with Gasteiger partial charge in [0.25, 0.3) is 5.91 Å². The molecule has 3 aromatic heterocycles. The van der Waals surface area contributed by atoms with Gasteiger partial charge in [-0.2, -0.15) is 13.2 Å². The molecule has 2 atom stereocenters. The molecule has 2 unspecified atom stereocenters. The number of fused-ring (bicyclic) bond motifs is 3. The van der Waals surface area contributed by atoms with Gasteiger partial charge >= 0.3 is 6.18 Å². The Labute approximate surface area is 149 Å². The number of halogens is 3. The predicted molar refractivity (Wildman–Crippen MR) is 82.7 cm³/mol. The maximum atomic E-state index is 13.4. The van der Waals surface area contributed by atoms with Gasteiger partial charge in [0.2, 0.25) is 5.82 Å². The van der Waals surface area contributed by atoms with E-state index in [9.17, 15) is 18.0 Å². The number of morpholine rings is 1. The number of hydrogen-bond acceptors (Lipinski definition) is 6. The summed E-state index contributed by atoms with van der Waals surface area (Å²) in [5, 5.41) is 7.80. The van der Waals surface area contributed by atoms with Crippen molar-refractivity contribution in [1.82, 2.24) is 24.5 Å². The molecule has 0 aromatic carbocycles. The normalized spacial score (nSPS) is 22.1. The number of carbonyl (C=O) groups excluding carboxylic acids is 1. The third-order valence-electron chi connectivity index (χ3n) is 4.88. The molecule has 27 heavy (non-hydrogen) atoms. The smallest absolute Gasteiger partial charge is 0.417 e. The van der Waals surface area contributed by atoms with Crippen molar-refractivity contribution >= 4 is 11.6 Å². The highest BCUT2D eigenvalue weighted by atomic mass is 19.4. The van der Waals surface area contributed by atoms with Gasteiger partial charge in [-0.15, -0.1) is 10.2 Å². The molecule has 0 radical (unpaired) electrons. The fraction of sp³-hybridized carbons (Fsp3) is 0.375. The molecule has 2 aliphatic rings. The molecule has 5 heterocycles. The van der Waals surface area contributed by atoms with Crippen molar-refractivity contribution in [3.8, 4) is 11.3 Å². The number of amides is 1. The molecular weight excluding hydrogens is 367 g/mol. The van der Waals surface area contributed by atoms with Crippen LogP contribution in [0.5, 0.6) is 0 Å². The van der Waals surface area contributed by atoms with Gasteiger partial charge in [0.05, 0.1) is 36.1 Å². The number of rotatable bonds is 2. The number of hydrogen-bond donors (Lipinski definition) is 0. The van der Waals surface area contributed by atoms with Crippen LogP contribution in [0.25, 0.3) is 17.0 Å². The monoisotopic (exact) mass is 379 g/mol. The van der Waals surface area contributed by atoms with Crippen LogP contribution in [0.2, 0.25) is 0 Å². The molecule has 0 N–H and O–H groups in total. The molecule has 0 spiro atoms. The van der Waals surface area contributed by atoms with Crippen LogP contribution in [-0.2, 0) is 10.9 Å². The zero-order valence-electron chi connectivity index (χ0n) is 13.7. The summed E-state index contributed by atoms with van der Waals surface area (Å²) in [6, 6.07) is 0.819. The highest BCUT2D eigenvalue weighted by Crippen LogP contribution is 2.35. The summed E-state index contributed by atoms with van der Waals surface area (Å²) in [6.07, 6.45) is -0.715.